The van der Waals surface area contributed by atoms with Gasteiger partial charge in [-0.3, -0.25) is 9.59 Å². The number of amides is 1. The number of nitrogens with zero attached hydrogens (tertiary/aromatic N) is 3. The Morgan fingerprint density at radius 3 is 2.84 bits per heavy atom. The van der Waals surface area contributed by atoms with E-state index in [2.05, 4.69) is 14.9 Å². The minimum Gasteiger partial charge on any atom is -0.469 e. The third-order valence-corrected chi connectivity index (χ3v) is 3.42. The molecule has 0 bridgehead atoms. The summed E-state index contributed by atoms with van der Waals surface area (Å²) in [5.41, 5.74) is 0.187. The van der Waals surface area contributed by atoms with Gasteiger partial charge in [-0.05, 0) is 12.5 Å². The monoisotopic (exact) mass is 303 g/mol. The molecular formula is C11H11Cl2N3O3. The minimum absolute atomic E-state index is 0.00378. The van der Waals surface area contributed by atoms with Crippen LogP contribution in [0.1, 0.15) is 16.8 Å². The van der Waals surface area contributed by atoms with Gasteiger partial charge in [-0.2, -0.15) is 0 Å². The molecule has 1 aromatic heterocycles. The highest BCUT2D eigenvalue weighted by Crippen LogP contribution is 2.23. The fourth-order valence-corrected chi connectivity index (χ4v) is 2.30. The van der Waals surface area contributed by atoms with Crippen LogP contribution in [0.5, 0.6) is 0 Å². The predicted octanol–water partition coefficient (Wildman–Crippen LogP) is 1.42. The Morgan fingerprint density at radius 2 is 2.16 bits per heavy atom. The molecule has 2 heterocycles. The van der Waals surface area contributed by atoms with Crippen LogP contribution in [-0.4, -0.2) is 47.2 Å². The van der Waals surface area contributed by atoms with E-state index >= 15 is 0 Å². The zero-order valence-corrected chi connectivity index (χ0v) is 11.6. The number of aromatic nitrogens is 2. The maximum atomic E-state index is 12.2. The quantitative estimate of drug-likeness (QED) is 0.773. The van der Waals surface area contributed by atoms with E-state index in [0.29, 0.717) is 19.5 Å². The Morgan fingerprint density at radius 1 is 1.42 bits per heavy atom. The molecule has 0 N–H and O–H groups in total. The van der Waals surface area contributed by atoms with Gasteiger partial charge in [0.15, 0.2) is 10.3 Å². The molecule has 0 aromatic carbocycles. The van der Waals surface area contributed by atoms with E-state index in [0.717, 1.165) is 0 Å². The number of hydrogen-bond donors (Lipinski definition) is 0. The molecule has 1 aliphatic heterocycles. The van der Waals surface area contributed by atoms with Gasteiger partial charge in [-0.25, -0.2) is 0 Å². The lowest BCUT2D eigenvalue weighted by atomic mass is 10.1. The number of likely N-dealkylation sites (tertiary alicyclic amines) is 1. The van der Waals surface area contributed by atoms with Gasteiger partial charge in [0, 0.05) is 13.1 Å². The van der Waals surface area contributed by atoms with E-state index in [1.54, 1.807) is 0 Å². The van der Waals surface area contributed by atoms with Gasteiger partial charge in [-0.15, -0.1) is 10.2 Å². The van der Waals surface area contributed by atoms with Crippen LogP contribution < -0.4 is 0 Å². The zero-order valence-electron chi connectivity index (χ0n) is 10.1. The molecule has 19 heavy (non-hydrogen) atoms. The van der Waals surface area contributed by atoms with E-state index in [4.69, 9.17) is 23.2 Å². The molecule has 1 amide bonds. The molecule has 8 heteroatoms. The summed E-state index contributed by atoms with van der Waals surface area (Å²) < 4.78 is 4.66. The van der Waals surface area contributed by atoms with Crippen molar-refractivity contribution in [1.29, 1.82) is 0 Å². The standard InChI is InChI=1S/C11H11Cl2N3O3/c1-19-11(18)6-2-3-16(5-6)10(17)7-4-8(12)14-15-9(7)13/h4,6H,2-3,5H2,1H3. The average molecular weight is 304 g/mol. The summed E-state index contributed by atoms with van der Waals surface area (Å²) in [6, 6.07) is 1.37. The summed E-state index contributed by atoms with van der Waals surface area (Å²) in [5.74, 6) is -0.918. The molecule has 1 fully saturated rings. The molecule has 0 saturated carbocycles. The average Bonchev–Trinajstić information content (AvgIpc) is 2.89. The van der Waals surface area contributed by atoms with Crippen LogP contribution >= 0.6 is 23.2 Å². The maximum absolute atomic E-state index is 12.2. The normalized spacial score (nSPS) is 18.5. The van der Waals surface area contributed by atoms with Crippen molar-refractivity contribution in [1.82, 2.24) is 15.1 Å². The molecule has 2 rings (SSSR count). The Labute approximate surface area is 119 Å². The molecule has 6 nitrogen and oxygen atoms in total. The van der Waals surface area contributed by atoms with Crippen LogP contribution in [0.3, 0.4) is 0 Å². The number of hydrogen-bond acceptors (Lipinski definition) is 5. The zero-order chi connectivity index (χ0) is 14.0. The Balaban J connectivity index is 2.13. The molecule has 1 saturated heterocycles. The molecular weight excluding hydrogens is 293 g/mol. The number of ether oxygens (including phenoxy) is 1. The Kier molecular flexibility index (Phi) is 4.21. The number of halogens is 2. The maximum Gasteiger partial charge on any atom is 0.310 e. The summed E-state index contributed by atoms with van der Waals surface area (Å²) in [6.07, 6.45) is 0.572. The minimum atomic E-state index is -0.313. The van der Waals surface area contributed by atoms with Crippen molar-refractivity contribution in [2.45, 2.75) is 6.42 Å². The van der Waals surface area contributed by atoms with Crippen LogP contribution in [0.15, 0.2) is 6.07 Å². The Bertz CT molecular complexity index is 524. The number of methoxy groups -OCH3 is 1. The number of carbonyl (C=O) groups is 2. The lowest BCUT2D eigenvalue weighted by molar-refractivity contribution is -0.144. The summed E-state index contributed by atoms with van der Waals surface area (Å²) in [7, 11) is 1.33. The first kappa shape index (κ1) is 14.0. The van der Waals surface area contributed by atoms with E-state index < -0.39 is 0 Å². The lowest BCUT2D eigenvalue weighted by Gasteiger charge is -2.16. The summed E-state index contributed by atoms with van der Waals surface area (Å²) in [5, 5.41) is 7.22. The van der Waals surface area contributed by atoms with Crippen molar-refractivity contribution in [2.24, 2.45) is 5.92 Å². The highest BCUT2D eigenvalue weighted by atomic mass is 35.5. The van der Waals surface area contributed by atoms with Gasteiger partial charge in [0.2, 0.25) is 0 Å². The molecule has 102 valence electrons. The second kappa shape index (κ2) is 5.71. The molecule has 1 aromatic rings. The number of esters is 1. The summed E-state index contributed by atoms with van der Waals surface area (Å²) >= 11 is 11.5. The van der Waals surface area contributed by atoms with Crippen molar-refractivity contribution in [3.63, 3.8) is 0 Å². The van der Waals surface area contributed by atoms with Gasteiger partial charge in [0.1, 0.15) is 0 Å². The summed E-state index contributed by atoms with van der Waals surface area (Å²) in [4.78, 5) is 25.2. The second-order valence-electron chi connectivity index (χ2n) is 4.13. The first-order chi connectivity index (χ1) is 9.02. The first-order valence-electron chi connectivity index (χ1n) is 5.58. The van der Waals surface area contributed by atoms with Gasteiger partial charge in [0.05, 0.1) is 18.6 Å². The molecule has 0 radical (unpaired) electrons. The number of carbonyl (C=O) groups excluding carboxylic acids is 2. The van der Waals surface area contributed by atoms with E-state index in [1.165, 1.54) is 18.1 Å². The van der Waals surface area contributed by atoms with E-state index in [9.17, 15) is 9.59 Å². The SMILES string of the molecule is COC(=O)C1CCN(C(=O)c2cc(Cl)nnc2Cl)C1. The number of rotatable bonds is 2. The van der Waals surface area contributed by atoms with Gasteiger partial charge >= 0.3 is 5.97 Å². The van der Waals surface area contributed by atoms with Crippen LogP contribution in [-0.2, 0) is 9.53 Å². The van der Waals surface area contributed by atoms with Crippen LogP contribution in [0.4, 0.5) is 0 Å². The molecule has 1 atom stereocenters. The van der Waals surface area contributed by atoms with Crippen molar-refractivity contribution >= 4 is 35.1 Å². The van der Waals surface area contributed by atoms with Crippen molar-refractivity contribution in [3.05, 3.63) is 21.9 Å². The highest BCUT2D eigenvalue weighted by molar-refractivity contribution is 6.34. The lowest BCUT2D eigenvalue weighted by Crippen LogP contribution is -2.30. The van der Waals surface area contributed by atoms with Crippen molar-refractivity contribution in [3.8, 4) is 0 Å². The predicted molar refractivity (Wildman–Crippen MR) is 68.1 cm³/mol. The first-order valence-corrected chi connectivity index (χ1v) is 6.34. The van der Waals surface area contributed by atoms with Crippen molar-refractivity contribution in [2.75, 3.05) is 20.2 Å². The Hall–Kier alpha value is -1.40. The van der Waals surface area contributed by atoms with E-state index in [1.807, 2.05) is 0 Å². The van der Waals surface area contributed by atoms with Gasteiger partial charge < -0.3 is 9.64 Å². The van der Waals surface area contributed by atoms with Crippen LogP contribution in [0.2, 0.25) is 10.3 Å². The topological polar surface area (TPSA) is 72.4 Å². The van der Waals surface area contributed by atoms with Crippen LogP contribution in [0.25, 0.3) is 0 Å². The second-order valence-corrected chi connectivity index (χ2v) is 4.88. The highest BCUT2D eigenvalue weighted by Gasteiger charge is 2.33. The van der Waals surface area contributed by atoms with E-state index in [-0.39, 0.29) is 33.7 Å². The van der Waals surface area contributed by atoms with Crippen LogP contribution in [0, 0.1) is 5.92 Å². The third kappa shape index (κ3) is 2.96. The smallest absolute Gasteiger partial charge is 0.310 e. The fraction of sp³-hybridized carbons (Fsp3) is 0.455. The van der Waals surface area contributed by atoms with Crippen molar-refractivity contribution < 1.29 is 14.3 Å². The fourth-order valence-electron chi connectivity index (χ4n) is 1.98. The molecule has 1 aliphatic rings. The van der Waals surface area contributed by atoms with Gasteiger partial charge in [-0.1, -0.05) is 23.2 Å². The molecule has 1 unspecified atom stereocenters. The summed E-state index contributed by atoms with van der Waals surface area (Å²) in [6.45, 7) is 0.774. The molecule has 0 spiro atoms. The molecule has 0 aliphatic carbocycles. The third-order valence-electron chi connectivity index (χ3n) is 2.96. The largest absolute Gasteiger partial charge is 0.469 e. The van der Waals surface area contributed by atoms with Gasteiger partial charge in [0.25, 0.3) is 5.91 Å².